The van der Waals surface area contributed by atoms with Crippen LogP contribution in [0.2, 0.25) is 0 Å². The molecule has 2 heterocycles. The quantitative estimate of drug-likeness (QED) is 0.764. The average molecular weight is 242 g/mol. The number of hydrogen-bond acceptors (Lipinski definition) is 4. The zero-order chi connectivity index (χ0) is 11.9. The van der Waals surface area contributed by atoms with Crippen molar-refractivity contribution in [1.29, 1.82) is 0 Å². The average Bonchev–Trinajstić information content (AvgIpc) is 2.39. The fraction of sp³-hybridized carbons (Fsp3) is 1.00. The van der Waals surface area contributed by atoms with E-state index in [0.717, 1.165) is 39.3 Å². The van der Waals surface area contributed by atoms with Crippen molar-refractivity contribution < 1.29 is 9.84 Å². The van der Waals surface area contributed by atoms with Crippen molar-refractivity contribution in [2.75, 3.05) is 52.5 Å². The number of likely N-dealkylation sites (tertiary alicyclic amines) is 1. The molecule has 0 aliphatic carbocycles. The first-order valence-electron chi connectivity index (χ1n) is 7.05. The van der Waals surface area contributed by atoms with E-state index in [0.29, 0.717) is 12.6 Å². The summed E-state index contributed by atoms with van der Waals surface area (Å²) in [5.41, 5.74) is 0. The van der Waals surface area contributed by atoms with Crippen LogP contribution in [0, 0.1) is 0 Å². The third-order valence-electron chi connectivity index (χ3n) is 3.93. The Morgan fingerprint density at radius 2 is 1.94 bits per heavy atom. The van der Waals surface area contributed by atoms with Gasteiger partial charge in [0.1, 0.15) is 0 Å². The fourth-order valence-corrected chi connectivity index (χ4v) is 2.92. The van der Waals surface area contributed by atoms with Gasteiger partial charge < -0.3 is 9.84 Å². The smallest absolute Gasteiger partial charge is 0.0594 e. The molecule has 1 unspecified atom stereocenters. The van der Waals surface area contributed by atoms with E-state index >= 15 is 0 Å². The van der Waals surface area contributed by atoms with Crippen molar-refractivity contribution in [2.45, 2.75) is 31.7 Å². The van der Waals surface area contributed by atoms with E-state index in [4.69, 9.17) is 9.84 Å². The van der Waals surface area contributed by atoms with Crippen LogP contribution in [-0.2, 0) is 4.74 Å². The molecule has 0 bridgehead atoms. The molecule has 100 valence electrons. The minimum absolute atomic E-state index is 0.320. The predicted octanol–water partition coefficient (Wildman–Crippen LogP) is 0.556. The van der Waals surface area contributed by atoms with Crippen molar-refractivity contribution in [3.8, 4) is 0 Å². The number of ether oxygens (including phenoxy) is 1. The van der Waals surface area contributed by atoms with Crippen LogP contribution in [0.1, 0.15) is 25.7 Å². The molecule has 2 aliphatic heterocycles. The number of hydrogen-bond donors (Lipinski definition) is 1. The highest BCUT2D eigenvalue weighted by Crippen LogP contribution is 2.18. The van der Waals surface area contributed by atoms with Crippen molar-refractivity contribution >= 4 is 0 Å². The van der Waals surface area contributed by atoms with Gasteiger partial charge in [-0.05, 0) is 25.8 Å². The molecular formula is C13H26N2O2. The van der Waals surface area contributed by atoms with Crippen LogP contribution in [0.5, 0.6) is 0 Å². The van der Waals surface area contributed by atoms with Crippen molar-refractivity contribution in [1.82, 2.24) is 9.80 Å². The number of aliphatic hydroxyl groups excluding tert-OH is 1. The van der Waals surface area contributed by atoms with E-state index in [1.165, 1.54) is 32.4 Å². The Kier molecular flexibility index (Phi) is 5.71. The summed E-state index contributed by atoms with van der Waals surface area (Å²) in [5.74, 6) is 0. The van der Waals surface area contributed by atoms with E-state index in [2.05, 4.69) is 9.80 Å². The molecule has 0 aromatic rings. The van der Waals surface area contributed by atoms with Crippen LogP contribution < -0.4 is 0 Å². The number of nitrogens with zero attached hydrogens (tertiary/aromatic N) is 2. The summed E-state index contributed by atoms with van der Waals surface area (Å²) in [6.07, 6.45) is 4.93. The Hall–Kier alpha value is -0.160. The van der Waals surface area contributed by atoms with E-state index in [-0.39, 0.29) is 0 Å². The molecule has 0 amide bonds. The van der Waals surface area contributed by atoms with Gasteiger partial charge in [-0.2, -0.15) is 0 Å². The monoisotopic (exact) mass is 242 g/mol. The summed E-state index contributed by atoms with van der Waals surface area (Å²) in [4.78, 5) is 5.11. The second kappa shape index (κ2) is 7.31. The molecule has 17 heavy (non-hydrogen) atoms. The maximum Gasteiger partial charge on any atom is 0.0594 e. The lowest BCUT2D eigenvalue weighted by atomic mass is 10.0. The maximum atomic E-state index is 8.95. The highest BCUT2D eigenvalue weighted by Gasteiger charge is 2.24. The molecule has 0 aromatic carbocycles. The van der Waals surface area contributed by atoms with Gasteiger partial charge in [0, 0.05) is 38.8 Å². The van der Waals surface area contributed by atoms with Gasteiger partial charge in [-0.25, -0.2) is 0 Å². The summed E-state index contributed by atoms with van der Waals surface area (Å²) in [7, 11) is 0. The second-order valence-electron chi connectivity index (χ2n) is 5.18. The van der Waals surface area contributed by atoms with Gasteiger partial charge in [0.05, 0.1) is 13.2 Å². The van der Waals surface area contributed by atoms with Gasteiger partial charge in [-0.1, -0.05) is 6.42 Å². The van der Waals surface area contributed by atoms with Gasteiger partial charge in [0.15, 0.2) is 0 Å². The van der Waals surface area contributed by atoms with Gasteiger partial charge >= 0.3 is 0 Å². The Morgan fingerprint density at radius 3 is 2.71 bits per heavy atom. The van der Waals surface area contributed by atoms with Crippen LogP contribution >= 0.6 is 0 Å². The van der Waals surface area contributed by atoms with Crippen molar-refractivity contribution in [3.63, 3.8) is 0 Å². The first-order valence-corrected chi connectivity index (χ1v) is 7.05. The maximum absolute atomic E-state index is 8.95. The summed E-state index contributed by atoms with van der Waals surface area (Å²) >= 11 is 0. The van der Waals surface area contributed by atoms with Crippen LogP contribution in [0.3, 0.4) is 0 Å². The zero-order valence-corrected chi connectivity index (χ0v) is 10.8. The lowest BCUT2D eigenvalue weighted by molar-refractivity contribution is 0.0159. The number of piperidine rings is 1. The molecule has 1 atom stereocenters. The van der Waals surface area contributed by atoms with E-state index in [1.807, 2.05) is 0 Å². The SMILES string of the molecule is OCCCN1CCCCC1CN1CCOCC1. The summed E-state index contributed by atoms with van der Waals surface area (Å²) in [5, 5.41) is 8.95. The zero-order valence-electron chi connectivity index (χ0n) is 10.8. The first kappa shape index (κ1) is 13.3. The molecule has 0 spiro atoms. The van der Waals surface area contributed by atoms with Gasteiger partial charge in [0.25, 0.3) is 0 Å². The number of morpholine rings is 1. The molecule has 2 aliphatic rings. The van der Waals surface area contributed by atoms with Crippen molar-refractivity contribution in [3.05, 3.63) is 0 Å². The Morgan fingerprint density at radius 1 is 1.12 bits per heavy atom. The fourth-order valence-electron chi connectivity index (χ4n) is 2.92. The molecule has 0 saturated carbocycles. The second-order valence-corrected chi connectivity index (χ2v) is 5.18. The summed E-state index contributed by atoms with van der Waals surface area (Å²) < 4.78 is 5.39. The van der Waals surface area contributed by atoms with Gasteiger partial charge in [-0.3, -0.25) is 9.80 Å². The minimum Gasteiger partial charge on any atom is -0.396 e. The molecule has 2 fully saturated rings. The van der Waals surface area contributed by atoms with Crippen molar-refractivity contribution in [2.24, 2.45) is 0 Å². The van der Waals surface area contributed by atoms with Crippen LogP contribution in [-0.4, -0.2) is 73.5 Å². The molecule has 2 saturated heterocycles. The predicted molar refractivity (Wildman–Crippen MR) is 68.2 cm³/mol. The standard InChI is InChI=1S/C13H26N2O2/c16-9-3-6-15-5-2-1-4-13(15)12-14-7-10-17-11-8-14/h13,16H,1-12H2. The molecule has 2 rings (SSSR count). The summed E-state index contributed by atoms with van der Waals surface area (Å²) in [6.45, 7) is 7.75. The van der Waals surface area contributed by atoms with E-state index in [1.54, 1.807) is 0 Å². The van der Waals surface area contributed by atoms with E-state index in [9.17, 15) is 0 Å². The Labute approximate surface area is 105 Å². The molecule has 1 N–H and O–H groups in total. The lowest BCUT2D eigenvalue weighted by Gasteiger charge is -2.39. The van der Waals surface area contributed by atoms with Gasteiger partial charge in [0.2, 0.25) is 0 Å². The largest absolute Gasteiger partial charge is 0.396 e. The minimum atomic E-state index is 0.320. The highest BCUT2D eigenvalue weighted by atomic mass is 16.5. The van der Waals surface area contributed by atoms with Crippen LogP contribution in [0.25, 0.3) is 0 Å². The third-order valence-corrected chi connectivity index (χ3v) is 3.93. The Bertz CT molecular complexity index is 208. The highest BCUT2D eigenvalue weighted by molar-refractivity contribution is 4.80. The first-order chi connectivity index (χ1) is 8.40. The van der Waals surface area contributed by atoms with E-state index < -0.39 is 0 Å². The normalized spacial score (nSPS) is 28.4. The van der Waals surface area contributed by atoms with Crippen LogP contribution in [0.4, 0.5) is 0 Å². The number of rotatable bonds is 5. The molecule has 0 radical (unpaired) electrons. The Balaban J connectivity index is 1.78. The van der Waals surface area contributed by atoms with Crippen LogP contribution in [0.15, 0.2) is 0 Å². The topological polar surface area (TPSA) is 35.9 Å². The van der Waals surface area contributed by atoms with Gasteiger partial charge in [-0.15, -0.1) is 0 Å². The molecule has 0 aromatic heterocycles. The third kappa shape index (κ3) is 4.21. The molecule has 4 nitrogen and oxygen atoms in total. The lowest BCUT2D eigenvalue weighted by Crippen LogP contribution is -2.49. The molecule has 4 heteroatoms. The number of aliphatic hydroxyl groups is 1. The summed E-state index contributed by atoms with van der Waals surface area (Å²) in [6, 6.07) is 0.702. The molecular weight excluding hydrogens is 216 g/mol.